The molecule has 1 saturated heterocycles. The number of hydrogen-bond acceptors (Lipinski definition) is 3. The molecule has 1 heterocycles. The van der Waals surface area contributed by atoms with Crippen LogP contribution >= 0.6 is 11.8 Å². The minimum Gasteiger partial charge on any atom is -0.352 e. The molecule has 0 spiro atoms. The van der Waals surface area contributed by atoms with Crippen molar-refractivity contribution in [1.29, 1.82) is 0 Å². The molecule has 0 aromatic carbocycles. The standard InChI is InChI=1S/C13H26N2OS/c1-4-5-10(2)14-13(16)11(3)15-12-6-8-17-9-7-12/h10-12,15H,4-9H2,1-3H3,(H,14,16). The van der Waals surface area contributed by atoms with Crippen molar-refractivity contribution < 1.29 is 4.79 Å². The Kier molecular flexibility index (Phi) is 6.97. The molecule has 0 aliphatic carbocycles. The van der Waals surface area contributed by atoms with Crippen LogP contribution in [-0.2, 0) is 4.79 Å². The van der Waals surface area contributed by atoms with Gasteiger partial charge >= 0.3 is 0 Å². The van der Waals surface area contributed by atoms with Crippen molar-refractivity contribution in [2.75, 3.05) is 11.5 Å². The van der Waals surface area contributed by atoms with Crippen LogP contribution in [-0.4, -0.2) is 35.5 Å². The molecule has 2 N–H and O–H groups in total. The molecule has 1 rings (SSSR count). The monoisotopic (exact) mass is 258 g/mol. The van der Waals surface area contributed by atoms with Gasteiger partial charge in [-0.1, -0.05) is 13.3 Å². The van der Waals surface area contributed by atoms with Gasteiger partial charge in [-0.05, 0) is 44.6 Å². The highest BCUT2D eigenvalue weighted by Gasteiger charge is 2.20. The molecule has 4 heteroatoms. The number of rotatable bonds is 6. The van der Waals surface area contributed by atoms with E-state index >= 15 is 0 Å². The van der Waals surface area contributed by atoms with Crippen molar-refractivity contribution in [3.63, 3.8) is 0 Å². The second kappa shape index (κ2) is 7.98. The first-order valence-electron chi connectivity index (χ1n) is 6.77. The molecular formula is C13H26N2OS. The molecule has 17 heavy (non-hydrogen) atoms. The molecule has 0 radical (unpaired) electrons. The number of amides is 1. The maximum atomic E-state index is 11.9. The Morgan fingerprint density at radius 2 is 2.00 bits per heavy atom. The Labute approximate surface area is 109 Å². The molecular weight excluding hydrogens is 232 g/mol. The fraction of sp³-hybridized carbons (Fsp3) is 0.923. The van der Waals surface area contributed by atoms with Gasteiger partial charge in [-0.3, -0.25) is 4.79 Å². The fourth-order valence-corrected chi connectivity index (χ4v) is 3.27. The molecule has 1 aliphatic rings. The number of thioether (sulfide) groups is 1. The van der Waals surface area contributed by atoms with Gasteiger partial charge in [-0.15, -0.1) is 0 Å². The van der Waals surface area contributed by atoms with E-state index in [9.17, 15) is 4.79 Å². The van der Waals surface area contributed by atoms with Crippen LogP contribution in [0.5, 0.6) is 0 Å². The quantitative estimate of drug-likeness (QED) is 0.767. The van der Waals surface area contributed by atoms with E-state index in [1.54, 1.807) is 0 Å². The number of nitrogens with one attached hydrogen (secondary N) is 2. The molecule has 1 fully saturated rings. The van der Waals surface area contributed by atoms with Crippen molar-refractivity contribution >= 4 is 17.7 Å². The lowest BCUT2D eigenvalue weighted by atomic mass is 10.1. The summed E-state index contributed by atoms with van der Waals surface area (Å²) in [5, 5.41) is 6.50. The lowest BCUT2D eigenvalue weighted by Gasteiger charge is -2.26. The maximum absolute atomic E-state index is 11.9. The third-order valence-corrected chi connectivity index (χ3v) is 4.26. The summed E-state index contributed by atoms with van der Waals surface area (Å²) in [7, 11) is 0. The van der Waals surface area contributed by atoms with Crippen LogP contribution in [0.3, 0.4) is 0 Å². The van der Waals surface area contributed by atoms with Gasteiger partial charge in [0, 0.05) is 12.1 Å². The van der Waals surface area contributed by atoms with Crippen LogP contribution in [0.4, 0.5) is 0 Å². The SMILES string of the molecule is CCCC(C)NC(=O)C(C)NC1CCSCC1. The molecule has 0 aromatic heterocycles. The van der Waals surface area contributed by atoms with E-state index in [2.05, 4.69) is 24.5 Å². The van der Waals surface area contributed by atoms with Crippen LogP contribution in [0.15, 0.2) is 0 Å². The molecule has 1 amide bonds. The third kappa shape index (κ3) is 5.77. The zero-order chi connectivity index (χ0) is 12.7. The summed E-state index contributed by atoms with van der Waals surface area (Å²) < 4.78 is 0. The van der Waals surface area contributed by atoms with E-state index in [0.29, 0.717) is 12.1 Å². The van der Waals surface area contributed by atoms with Gasteiger partial charge in [0.1, 0.15) is 0 Å². The highest BCUT2D eigenvalue weighted by molar-refractivity contribution is 7.99. The average molecular weight is 258 g/mol. The van der Waals surface area contributed by atoms with E-state index in [0.717, 1.165) is 12.8 Å². The highest BCUT2D eigenvalue weighted by atomic mass is 32.2. The minimum absolute atomic E-state index is 0.0672. The molecule has 2 unspecified atom stereocenters. The Balaban J connectivity index is 2.25. The van der Waals surface area contributed by atoms with Crippen LogP contribution in [0, 0.1) is 0 Å². The Morgan fingerprint density at radius 1 is 1.35 bits per heavy atom. The van der Waals surface area contributed by atoms with Gasteiger partial charge in [-0.25, -0.2) is 0 Å². The van der Waals surface area contributed by atoms with Gasteiger partial charge in [0.2, 0.25) is 5.91 Å². The molecule has 0 aromatic rings. The highest BCUT2D eigenvalue weighted by Crippen LogP contribution is 2.17. The van der Waals surface area contributed by atoms with Crippen LogP contribution < -0.4 is 10.6 Å². The third-order valence-electron chi connectivity index (χ3n) is 3.21. The van der Waals surface area contributed by atoms with Crippen molar-refractivity contribution in [3.8, 4) is 0 Å². The second-order valence-corrected chi connectivity index (χ2v) is 6.20. The van der Waals surface area contributed by atoms with Crippen molar-refractivity contribution in [1.82, 2.24) is 10.6 Å². The second-order valence-electron chi connectivity index (χ2n) is 4.97. The van der Waals surface area contributed by atoms with Crippen LogP contribution in [0.25, 0.3) is 0 Å². The predicted octanol–water partition coefficient (Wildman–Crippen LogP) is 2.16. The van der Waals surface area contributed by atoms with E-state index in [-0.39, 0.29) is 11.9 Å². The summed E-state index contributed by atoms with van der Waals surface area (Å²) in [4.78, 5) is 11.9. The molecule has 3 nitrogen and oxygen atoms in total. The van der Waals surface area contributed by atoms with E-state index in [1.807, 2.05) is 18.7 Å². The van der Waals surface area contributed by atoms with E-state index in [4.69, 9.17) is 0 Å². The van der Waals surface area contributed by atoms with Gasteiger partial charge in [-0.2, -0.15) is 11.8 Å². The van der Waals surface area contributed by atoms with Crippen molar-refractivity contribution in [3.05, 3.63) is 0 Å². The smallest absolute Gasteiger partial charge is 0.237 e. The molecule has 0 bridgehead atoms. The number of carbonyl (C=O) groups is 1. The summed E-state index contributed by atoms with van der Waals surface area (Å²) in [5.41, 5.74) is 0. The summed E-state index contributed by atoms with van der Waals surface area (Å²) >= 11 is 2.01. The Morgan fingerprint density at radius 3 is 2.59 bits per heavy atom. The van der Waals surface area contributed by atoms with Crippen LogP contribution in [0.2, 0.25) is 0 Å². The van der Waals surface area contributed by atoms with Gasteiger partial charge in [0.05, 0.1) is 6.04 Å². The fourth-order valence-electron chi connectivity index (χ4n) is 2.17. The first-order valence-corrected chi connectivity index (χ1v) is 7.93. The lowest BCUT2D eigenvalue weighted by molar-refractivity contribution is -0.123. The van der Waals surface area contributed by atoms with Gasteiger partial charge in [0.25, 0.3) is 0 Å². The zero-order valence-corrected chi connectivity index (χ0v) is 12.1. The number of hydrogen-bond donors (Lipinski definition) is 2. The summed E-state index contributed by atoms with van der Waals surface area (Å²) in [6.07, 6.45) is 4.54. The normalized spacial score (nSPS) is 20.9. The number of carbonyl (C=O) groups excluding carboxylic acids is 1. The van der Waals surface area contributed by atoms with Crippen molar-refractivity contribution in [2.24, 2.45) is 0 Å². The maximum Gasteiger partial charge on any atom is 0.237 e. The van der Waals surface area contributed by atoms with Gasteiger partial charge < -0.3 is 10.6 Å². The van der Waals surface area contributed by atoms with E-state index in [1.165, 1.54) is 24.3 Å². The van der Waals surface area contributed by atoms with Gasteiger partial charge in [0.15, 0.2) is 0 Å². The van der Waals surface area contributed by atoms with Crippen molar-refractivity contribution in [2.45, 2.75) is 64.6 Å². The molecule has 1 aliphatic heterocycles. The molecule has 0 saturated carbocycles. The molecule has 100 valence electrons. The average Bonchev–Trinajstić information content (AvgIpc) is 2.30. The minimum atomic E-state index is -0.0672. The molecule has 2 atom stereocenters. The lowest BCUT2D eigenvalue weighted by Crippen LogP contribution is -2.49. The summed E-state index contributed by atoms with van der Waals surface area (Å²) in [6.45, 7) is 6.19. The predicted molar refractivity (Wildman–Crippen MR) is 75.5 cm³/mol. The topological polar surface area (TPSA) is 41.1 Å². The first-order chi connectivity index (χ1) is 8.13. The Bertz CT molecular complexity index is 229. The summed E-state index contributed by atoms with van der Waals surface area (Å²) in [5.74, 6) is 2.58. The zero-order valence-electron chi connectivity index (χ0n) is 11.3. The van der Waals surface area contributed by atoms with Crippen LogP contribution in [0.1, 0.15) is 46.5 Å². The first kappa shape index (κ1) is 14.8. The largest absolute Gasteiger partial charge is 0.352 e. The van der Waals surface area contributed by atoms with E-state index < -0.39 is 0 Å². The summed E-state index contributed by atoms with van der Waals surface area (Å²) in [6, 6.07) is 0.750. The Hall–Kier alpha value is -0.220.